The summed E-state index contributed by atoms with van der Waals surface area (Å²) in [5.74, 6) is 0.401. The summed E-state index contributed by atoms with van der Waals surface area (Å²) in [5, 5.41) is 3.15. The van der Waals surface area contributed by atoms with E-state index in [0.29, 0.717) is 31.3 Å². The van der Waals surface area contributed by atoms with Gasteiger partial charge in [-0.25, -0.2) is 9.97 Å². The fraction of sp³-hybridized carbons (Fsp3) is 0.273. The molecule has 7 nitrogen and oxygen atoms in total. The molecule has 3 heterocycles. The largest absolute Gasteiger partial charge is 0.350 e. The van der Waals surface area contributed by atoms with Crippen LogP contribution in [0.2, 0.25) is 0 Å². The van der Waals surface area contributed by atoms with Crippen molar-refractivity contribution in [2.24, 2.45) is 0 Å². The molecule has 7 heteroatoms. The second-order valence-corrected chi connectivity index (χ2v) is 7.03. The number of amides is 1. The summed E-state index contributed by atoms with van der Waals surface area (Å²) in [6.07, 6.45) is 5.15. The van der Waals surface area contributed by atoms with Crippen LogP contribution in [0, 0.1) is 0 Å². The van der Waals surface area contributed by atoms with Crippen molar-refractivity contribution in [3.8, 4) is 0 Å². The van der Waals surface area contributed by atoms with Crippen molar-refractivity contribution in [2.45, 2.75) is 13.1 Å². The Balaban J connectivity index is 1.31. The number of aromatic nitrogens is 3. The molecule has 1 fully saturated rings. The molecule has 1 amide bonds. The Labute approximate surface area is 170 Å². The van der Waals surface area contributed by atoms with Crippen LogP contribution in [0.25, 0.3) is 0 Å². The standard InChI is InChI=1S/C22H24N6O/c29-21(28-13-11-27(12-14-28)17-18-5-2-1-3-6-18)20-8-10-24-22(26-20)25-16-19-7-4-9-23-15-19/h1-10,15H,11-14,16-17H2,(H,24,25,26). The summed E-state index contributed by atoms with van der Waals surface area (Å²) in [6.45, 7) is 4.60. The van der Waals surface area contributed by atoms with Crippen LogP contribution in [0.15, 0.2) is 67.1 Å². The monoisotopic (exact) mass is 388 g/mol. The first-order valence-corrected chi connectivity index (χ1v) is 9.79. The Bertz CT molecular complexity index is 926. The number of carbonyl (C=O) groups is 1. The van der Waals surface area contributed by atoms with E-state index in [9.17, 15) is 4.79 Å². The van der Waals surface area contributed by atoms with E-state index in [1.807, 2.05) is 23.1 Å². The number of hydrogen-bond acceptors (Lipinski definition) is 6. The van der Waals surface area contributed by atoms with Gasteiger partial charge in [0.05, 0.1) is 0 Å². The number of piperazine rings is 1. The molecule has 0 unspecified atom stereocenters. The molecule has 0 saturated carbocycles. The molecular formula is C22H24N6O. The highest BCUT2D eigenvalue weighted by atomic mass is 16.2. The molecule has 1 N–H and O–H groups in total. The van der Waals surface area contributed by atoms with E-state index in [1.54, 1.807) is 24.7 Å². The van der Waals surface area contributed by atoms with Crippen LogP contribution in [0.3, 0.4) is 0 Å². The highest BCUT2D eigenvalue weighted by Gasteiger charge is 2.23. The number of hydrogen-bond donors (Lipinski definition) is 1. The minimum absolute atomic E-state index is 0.0452. The van der Waals surface area contributed by atoms with Gasteiger partial charge in [0, 0.05) is 57.9 Å². The lowest BCUT2D eigenvalue weighted by Gasteiger charge is -2.34. The molecular weight excluding hydrogens is 364 g/mol. The van der Waals surface area contributed by atoms with Crippen molar-refractivity contribution in [1.82, 2.24) is 24.8 Å². The van der Waals surface area contributed by atoms with E-state index in [2.05, 4.69) is 49.4 Å². The van der Waals surface area contributed by atoms with Gasteiger partial charge < -0.3 is 10.2 Å². The van der Waals surface area contributed by atoms with Gasteiger partial charge in [-0.05, 0) is 23.3 Å². The van der Waals surface area contributed by atoms with Gasteiger partial charge in [0.15, 0.2) is 0 Å². The van der Waals surface area contributed by atoms with Gasteiger partial charge in [0.2, 0.25) is 5.95 Å². The van der Waals surface area contributed by atoms with Crippen LogP contribution in [0.5, 0.6) is 0 Å². The number of rotatable bonds is 6. The number of anilines is 1. The molecule has 0 bridgehead atoms. The van der Waals surface area contributed by atoms with Gasteiger partial charge >= 0.3 is 0 Å². The Kier molecular flexibility index (Phi) is 6.07. The van der Waals surface area contributed by atoms with Crippen molar-refractivity contribution in [1.29, 1.82) is 0 Å². The average Bonchev–Trinajstić information content (AvgIpc) is 2.79. The third kappa shape index (κ3) is 5.14. The van der Waals surface area contributed by atoms with Gasteiger partial charge in [-0.1, -0.05) is 36.4 Å². The third-order valence-corrected chi connectivity index (χ3v) is 4.96. The maximum atomic E-state index is 12.9. The van der Waals surface area contributed by atoms with Crippen LogP contribution < -0.4 is 5.32 Å². The summed E-state index contributed by atoms with van der Waals surface area (Å²) in [5.41, 5.74) is 2.75. The van der Waals surface area contributed by atoms with E-state index in [4.69, 9.17) is 0 Å². The summed E-state index contributed by atoms with van der Waals surface area (Å²) in [7, 11) is 0. The first-order valence-electron chi connectivity index (χ1n) is 9.79. The molecule has 3 aromatic rings. The van der Waals surface area contributed by atoms with Crippen molar-refractivity contribution in [2.75, 3.05) is 31.5 Å². The number of nitrogens with one attached hydrogen (secondary N) is 1. The Morgan fingerprint density at radius 1 is 0.931 bits per heavy atom. The number of nitrogens with zero attached hydrogens (tertiary/aromatic N) is 5. The normalized spacial score (nSPS) is 14.6. The predicted octanol–water partition coefficient (Wildman–Crippen LogP) is 2.44. The maximum Gasteiger partial charge on any atom is 0.272 e. The van der Waals surface area contributed by atoms with Crippen molar-refractivity contribution >= 4 is 11.9 Å². The smallest absolute Gasteiger partial charge is 0.272 e. The van der Waals surface area contributed by atoms with Gasteiger partial charge in [0.1, 0.15) is 5.69 Å². The fourth-order valence-electron chi connectivity index (χ4n) is 3.36. The topological polar surface area (TPSA) is 74.2 Å². The lowest BCUT2D eigenvalue weighted by atomic mass is 10.2. The summed E-state index contributed by atoms with van der Waals surface area (Å²) >= 11 is 0. The van der Waals surface area contributed by atoms with Crippen LogP contribution >= 0.6 is 0 Å². The van der Waals surface area contributed by atoms with Crippen LogP contribution in [-0.4, -0.2) is 56.8 Å². The molecule has 4 rings (SSSR count). The fourth-order valence-corrected chi connectivity index (χ4v) is 3.36. The van der Waals surface area contributed by atoms with Crippen LogP contribution in [-0.2, 0) is 13.1 Å². The third-order valence-electron chi connectivity index (χ3n) is 4.96. The van der Waals surface area contributed by atoms with Crippen molar-refractivity contribution in [3.05, 3.63) is 83.9 Å². The van der Waals surface area contributed by atoms with E-state index < -0.39 is 0 Å². The molecule has 1 aliphatic rings. The lowest BCUT2D eigenvalue weighted by Crippen LogP contribution is -2.48. The van der Waals surface area contributed by atoms with Gasteiger partial charge in [-0.2, -0.15) is 0 Å². The first-order chi connectivity index (χ1) is 14.3. The van der Waals surface area contributed by atoms with E-state index in [1.165, 1.54) is 5.56 Å². The summed E-state index contributed by atoms with van der Waals surface area (Å²) in [4.78, 5) is 29.8. The Hall–Kier alpha value is -3.32. The second-order valence-electron chi connectivity index (χ2n) is 7.03. The van der Waals surface area contributed by atoms with Crippen LogP contribution in [0.4, 0.5) is 5.95 Å². The summed E-state index contributed by atoms with van der Waals surface area (Å²) < 4.78 is 0. The summed E-state index contributed by atoms with van der Waals surface area (Å²) in [6, 6.07) is 16.0. The number of pyridine rings is 1. The predicted molar refractivity (Wildman–Crippen MR) is 111 cm³/mol. The molecule has 1 aromatic carbocycles. The molecule has 1 saturated heterocycles. The van der Waals surface area contributed by atoms with Crippen molar-refractivity contribution in [3.63, 3.8) is 0 Å². The zero-order valence-electron chi connectivity index (χ0n) is 16.2. The van der Waals surface area contributed by atoms with Gasteiger partial charge in [-0.15, -0.1) is 0 Å². The van der Waals surface area contributed by atoms with E-state index in [-0.39, 0.29) is 5.91 Å². The molecule has 29 heavy (non-hydrogen) atoms. The zero-order valence-corrected chi connectivity index (χ0v) is 16.2. The molecule has 0 aliphatic carbocycles. The minimum atomic E-state index is -0.0452. The van der Waals surface area contributed by atoms with Crippen LogP contribution in [0.1, 0.15) is 21.6 Å². The zero-order chi connectivity index (χ0) is 19.9. The molecule has 2 aromatic heterocycles. The average molecular weight is 388 g/mol. The molecule has 148 valence electrons. The molecule has 1 aliphatic heterocycles. The highest BCUT2D eigenvalue weighted by molar-refractivity contribution is 5.92. The molecule has 0 radical (unpaired) electrons. The molecule has 0 atom stereocenters. The Morgan fingerprint density at radius 2 is 1.72 bits per heavy atom. The quantitative estimate of drug-likeness (QED) is 0.699. The van der Waals surface area contributed by atoms with Crippen molar-refractivity contribution < 1.29 is 4.79 Å². The van der Waals surface area contributed by atoms with Gasteiger partial charge in [0.25, 0.3) is 5.91 Å². The number of carbonyl (C=O) groups excluding carboxylic acids is 1. The maximum absolute atomic E-state index is 12.9. The Morgan fingerprint density at radius 3 is 2.48 bits per heavy atom. The second kappa shape index (κ2) is 9.25. The first kappa shape index (κ1) is 19.0. The lowest BCUT2D eigenvalue weighted by molar-refractivity contribution is 0.0622. The van der Waals surface area contributed by atoms with E-state index >= 15 is 0 Å². The minimum Gasteiger partial charge on any atom is -0.350 e. The van der Waals surface area contributed by atoms with Gasteiger partial charge in [-0.3, -0.25) is 14.7 Å². The molecule has 0 spiro atoms. The highest BCUT2D eigenvalue weighted by Crippen LogP contribution is 2.12. The SMILES string of the molecule is O=C(c1ccnc(NCc2cccnc2)n1)N1CCN(Cc2ccccc2)CC1. The number of benzene rings is 1. The van der Waals surface area contributed by atoms with E-state index in [0.717, 1.165) is 25.2 Å².